The summed E-state index contributed by atoms with van der Waals surface area (Å²) >= 11 is 0. The van der Waals surface area contributed by atoms with Crippen molar-refractivity contribution < 1.29 is 4.42 Å². The number of benzene rings is 7. The topological polar surface area (TPSA) is 16.4 Å². The molecule has 0 radical (unpaired) electrons. The minimum atomic E-state index is -0.0800. The number of hydrogen-bond acceptors (Lipinski definition) is 2. The molecule has 0 N–H and O–H groups in total. The SMILES string of the molecule is CC1(C)c2ccccc2-c2cccc(-c3ccc(N(c4ccc5c(c4)C4(CCCC4)c4ccccc4-5)c4cccc5oc6ccccc6c45)cc3)c21. The monoisotopic (exact) mass is 669 g/mol. The van der Waals surface area contributed by atoms with Crippen molar-refractivity contribution in [3.05, 3.63) is 174 Å². The lowest BCUT2D eigenvalue weighted by Gasteiger charge is -2.30. The van der Waals surface area contributed by atoms with Gasteiger partial charge in [0.15, 0.2) is 0 Å². The van der Waals surface area contributed by atoms with Crippen LogP contribution in [-0.4, -0.2) is 0 Å². The molecular weight excluding hydrogens is 631 g/mol. The van der Waals surface area contributed by atoms with Crippen molar-refractivity contribution in [1.82, 2.24) is 0 Å². The third-order valence-electron chi connectivity index (χ3n) is 12.6. The number of rotatable bonds is 4. The average molecular weight is 670 g/mol. The maximum Gasteiger partial charge on any atom is 0.137 e. The molecule has 2 heteroatoms. The summed E-state index contributed by atoms with van der Waals surface area (Å²) in [7, 11) is 0. The van der Waals surface area contributed by atoms with E-state index in [1.165, 1.54) is 87.0 Å². The highest BCUT2D eigenvalue weighted by molar-refractivity contribution is 6.13. The van der Waals surface area contributed by atoms with Gasteiger partial charge in [-0.2, -0.15) is 0 Å². The molecule has 11 rings (SSSR count). The Morgan fingerprint density at radius 2 is 1.12 bits per heavy atom. The third kappa shape index (κ3) is 4.01. The molecule has 0 saturated heterocycles. The lowest BCUT2D eigenvalue weighted by Crippen LogP contribution is -2.21. The van der Waals surface area contributed by atoms with Crippen molar-refractivity contribution in [2.45, 2.75) is 50.4 Å². The molecule has 3 aliphatic rings. The van der Waals surface area contributed by atoms with Crippen LogP contribution in [0.2, 0.25) is 0 Å². The molecule has 0 aliphatic heterocycles. The number of furan rings is 1. The van der Waals surface area contributed by atoms with Gasteiger partial charge in [-0.15, -0.1) is 0 Å². The molecule has 1 saturated carbocycles. The van der Waals surface area contributed by atoms with E-state index in [1.807, 2.05) is 0 Å². The largest absolute Gasteiger partial charge is 0.456 e. The van der Waals surface area contributed by atoms with E-state index in [0.717, 1.165) is 33.3 Å². The lowest BCUT2D eigenvalue weighted by atomic mass is 9.76. The van der Waals surface area contributed by atoms with Crippen LogP contribution in [0.5, 0.6) is 0 Å². The van der Waals surface area contributed by atoms with Crippen molar-refractivity contribution in [3.8, 4) is 33.4 Å². The quantitative estimate of drug-likeness (QED) is 0.185. The van der Waals surface area contributed by atoms with Crippen molar-refractivity contribution in [2.75, 3.05) is 4.90 Å². The zero-order valence-electron chi connectivity index (χ0n) is 29.6. The summed E-state index contributed by atoms with van der Waals surface area (Å²) in [5.74, 6) is 0. The summed E-state index contributed by atoms with van der Waals surface area (Å²) in [5, 5.41) is 2.28. The molecule has 0 bridgehead atoms. The molecule has 52 heavy (non-hydrogen) atoms. The van der Waals surface area contributed by atoms with Crippen LogP contribution in [0.3, 0.4) is 0 Å². The van der Waals surface area contributed by atoms with Gasteiger partial charge in [-0.25, -0.2) is 0 Å². The molecule has 1 aromatic heterocycles. The van der Waals surface area contributed by atoms with Gasteiger partial charge in [-0.1, -0.05) is 136 Å². The molecular formula is C50H39NO. The van der Waals surface area contributed by atoms with Gasteiger partial charge in [-0.05, 0) is 111 Å². The van der Waals surface area contributed by atoms with Gasteiger partial charge in [0.1, 0.15) is 11.2 Å². The first-order valence-corrected chi connectivity index (χ1v) is 18.8. The van der Waals surface area contributed by atoms with Gasteiger partial charge in [-0.3, -0.25) is 0 Å². The van der Waals surface area contributed by atoms with E-state index in [-0.39, 0.29) is 10.8 Å². The number of fused-ring (bicyclic) bond motifs is 11. The Hall–Kier alpha value is -5.86. The highest BCUT2D eigenvalue weighted by atomic mass is 16.3. The molecule has 3 aliphatic carbocycles. The standard InChI is InChI=1S/C50H39NO/c1-49(2)41-18-6-3-14-37(41)39-17-11-16-35(48(39)49)32-23-25-33(26-24-32)51(44-20-12-22-46-47(44)40-15-5-8-21-45(40)52-46)34-27-28-38-36-13-4-7-19-42(36)50(43(38)31-34)29-9-10-30-50/h3-8,11-28,31H,9-10,29-30H2,1-2H3. The molecule has 1 heterocycles. The fourth-order valence-electron chi connectivity index (χ4n) is 10.3. The van der Waals surface area contributed by atoms with Crippen molar-refractivity contribution in [3.63, 3.8) is 0 Å². The molecule has 1 spiro atoms. The number of nitrogens with zero attached hydrogens (tertiary/aromatic N) is 1. The van der Waals surface area contributed by atoms with Gasteiger partial charge in [0.25, 0.3) is 0 Å². The van der Waals surface area contributed by atoms with Gasteiger partial charge in [0.2, 0.25) is 0 Å². The first-order valence-electron chi connectivity index (χ1n) is 18.8. The Morgan fingerprint density at radius 1 is 0.500 bits per heavy atom. The van der Waals surface area contributed by atoms with E-state index in [9.17, 15) is 0 Å². The molecule has 7 aromatic carbocycles. The highest BCUT2D eigenvalue weighted by Gasteiger charge is 2.45. The molecule has 1 fully saturated rings. The summed E-state index contributed by atoms with van der Waals surface area (Å²) in [6.45, 7) is 4.74. The van der Waals surface area contributed by atoms with Crippen LogP contribution in [0.25, 0.3) is 55.3 Å². The maximum absolute atomic E-state index is 6.45. The van der Waals surface area contributed by atoms with Gasteiger partial charge >= 0.3 is 0 Å². The predicted octanol–water partition coefficient (Wildman–Crippen LogP) is 13.9. The minimum absolute atomic E-state index is 0.0800. The van der Waals surface area contributed by atoms with E-state index < -0.39 is 0 Å². The fourth-order valence-corrected chi connectivity index (χ4v) is 10.3. The van der Waals surface area contributed by atoms with E-state index in [0.29, 0.717) is 0 Å². The second-order valence-electron chi connectivity index (χ2n) is 15.6. The fraction of sp³-hybridized carbons (Fsp3) is 0.160. The first kappa shape index (κ1) is 29.8. The minimum Gasteiger partial charge on any atom is -0.456 e. The summed E-state index contributed by atoms with van der Waals surface area (Å²) in [6.07, 6.45) is 4.96. The van der Waals surface area contributed by atoms with Crippen molar-refractivity contribution in [2.24, 2.45) is 0 Å². The van der Waals surface area contributed by atoms with Gasteiger partial charge in [0.05, 0.1) is 11.1 Å². The second kappa shape index (κ2) is 10.8. The number of anilines is 3. The van der Waals surface area contributed by atoms with Crippen LogP contribution in [0.4, 0.5) is 17.1 Å². The maximum atomic E-state index is 6.45. The lowest BCUT2D eigenvalue weighted by molar-refractivity contribution is 0.550. The van der Waals surface area contributed by atoms with Crippen molar-refractivity contribution in [1.29, 1.82) is 0 Å². The molecule has 0 atom stereocenters. The molecule has 8 aromatic rings. The first-order chi connectivity index (χ1) is 25.5. The smallest absolute Gasteiger partial charge is 0.137 e. The molecule has 0 amide bonds. The number of hydrogen-bond donors (Lipinski definition) is 0. The Balaban J connectivity index is 1.10. The second-order valence-corrected chi connectivity index (χ2v) is 15.6. The normalized spacial score (nSPS) is 15.9. The Kier molecular flexibility index (Phi) is 6.21. The van der Waals surface area contributed by atoms with E-state index in [2.05, 4.69) is 170 Å². The summed E-state index contributed by atoms with van der Waals surface area (Å²) in [6, 6.07) is 56.3. The van der Waals surface area contributed by atoms with Crippen LogP contribution in [0.15, 0.2) is 156 Å². The van der Waals surface area contributed by atoms with E-state index in [1.54, 1.807) is 0 Å². The van der Waals surface area contributed by atoms with Crippen LogP contribution in [-0.2, 0) is 10.8 Å². The van der Waals surface area contributed by atoms with Crippen LogP contribution >= 0.6 is 0 Å². The average Bonchev–Trinajstić information content (AvgIpc) is 3.95. The van der Waals surface area contributed by atoms with E-state index in [4.69, 9.17) is 4.42 Å². The molecule has 250 valence electrons. The predicted molar refractivity (Wildman–Crippen MR) is 216 cm³/mol. The van der Waals surface area contributed by atoms with E-state index >= 15 is 0 Å². The highest BCUT2D eigenvalue weighted by Crippen LogP contribution is 2.58. The van der Waals surface area contributed by atoms with Crippen LogP contribution in [0, 0.1) is 0 Å². The Bertz CT molecular complexity index is 2720. The zero-order valence-corrected chi connectivity index (χ0v) is 29.6. The molecule has 0 unspecified atom stereocenters. The Labute approximate surface area is 305 Å². The molecule has 2 nitrogen and oxygen atoms in total. The van der Waals surface area contributed by atoms with Crippen molar-refractivity contribution >= 4 is 39.0 Å². The van der Waals surface area contributed by atoms with Crippen LogP contribution < -0.4 is 4.90 Å². The zero-order chi connectivity index (χ0) is 34.6. The summed E-state index contributed by atoms with van der Waals surface area (Å²) < 4.78 is 6.45. The Morgan fingerprint density at radius 3 is 1.94 bits per heavy atom. The summed E-state index contributed by atoms with van der Waals surface area (Å²) in [4.78, 5) is 2.47. The third-order valence-corrected chi connectivity index (χ3v) is 12.6. The van der Waals surface area contributed by atoms with Gasteiger partial charge in [0, 0.05) is 27.6 Å². The number of para-hydroxylation sites is 1. The summed E-state index contributed by atoms with van der Waals surface area (Å²) in [5.41, 5.74) is 19.1. The van der Waals surface area contributed by atoms with Crippen LogP contribution in [0.1, 0.15) is 61.8 Å². The van der Waals surface area contributed by atoms with Gasteiger partial charge < -0.3 is 9.32 Å².